The van der Waals surface area contributed by atoms with E-state index in [0.29, 0.717) is 18.7 Å². The Kier molecular flexibility index (Phi) is 4.59. The van der Waals surface area contributed by atoms with Gasteiger partial charge in [0.15, 0.2) is 0 Å². The van der Waals surface area contributed by atoms with Crippen molar-refractivity contribution < 1.29 is 8.42 Å². The smallest absolute Gasteiger partial charge is 0.262 e. The molecule has 2 rings (SSSR count). The van der Waals surface area contributed by atoms with Gasteiger partial charge in [0.1, 0.15) is 0 Å². The fourth-order valence-electron chi connectivity index (χ4n) is 2.06. The summed E-state index contributed by atoms with van der Waals surface area (Å²) < 4.78 is 27.9. The van der Waals surface area contributed by atoms with Gasteiger partial charge in [0.2, 0.25) is 0 Å². The first-order chi connectivity index (χ1) is 9.97. The zero-order valence-corrected chi connectivity index (χ0v) is 12.9. The van der Waals surface area contributed by atoms with Crippen LogP contribution in [-0.2, 0) is 23.0 Å². The molecule has 6 heteroatoms. The van der Waals surface area contributed by atoms with Crippen molar-refractivity contribution >= 4 is 15.7 Å². The molecule has 0 spiro atoms. The summed E-state index contributed by atoms with van der Waals surface area (Å²) in [5, 5.41) is 0. The van der Waals surface area contributed by atoms with Crippen LogP contribution in [0.25, 0.3) is 0 Å². The molecule has 0 aliphatic rings. The molecule has 0 bridgehead atoms. The lowest BCUT2D eigenvalue weighted by atomic mass is 10.1. The number of rotatable bonds is 5. The number of nitrogens with two attached hydrogens (primary N) is 1. The third-order valence-corrected chi connectivity index (χ3v) is 4.75. The van der Waals surface area contributed by atoms with Crippen molar-refractivity contribution in [1.29, 1.82) is 0 Å². The summed E-state index contributed by atoms with van der Waals surface area (Å²) in [6.45, 7) is 4.04. The monoisotopic (exact) mass is 305 g/mol. The zero-order chi connectivity index (χ0) is 15.5. The maximum Gasteiger partial charge on any atom is 0.262 e. The number of pyridine rings is 1. The zero-order valence-electron chi connectivity index (χ0n) is 12.1. The van der Waals surface area contributed by atoms with E-state index in [-0.39, 0.29) is 4.90 Å². The molecule has 0 fully saturated rings. The first-order valence-electron chi connectivity index (χ1n) is 6.73. The Labute approximate surface area is 125 Å². The topological polar surface area (TPSA) is 85.1 Å². The Morgan fingerprint density at radius 3 is 2.67 bits per heavy atom. The molecule has 3 N–H and O–H groups in total. The van der Waals surface area contributed by atoms with E-state index in [9.17, 15) is 8.42 Å². The number of sulfonamides is 1. The van der Waals surface area contributed by atoms with Crippen LogP contribution < -0.4 is 10.5 Å². The highest BCUT2D eigenvalue weighted by molar-refractivity contribution is 7.92. The minimum absolute atomic E-state index is 0.282. The molecule has 1 heterocycles. The highest BCUT2D eigenvalue weighted by Gasteiger charge is 2.19. The van der Waals surface area contributed by atoms with Gasteiger partial charge in [-0.15, -0.1) is 0 Å². The molecule has 1 aromatic heterocycles. The highest BCUT2D eigenvalue weighted by atomic mass is 32.2. The van der Waals surface area contributed by atoms with Gasteiger partial charge in [0.05, 0.1) is 10.6 Å². The van der Waals surface area contributed by atoms with E-state index < -0.39 is 10.0 Å². The summed E-state index contributed by atoms with van der Waals surface area (Å²) >= 11 is 0. The highest BCUT2D eigenvalue weighted by Crippen LogP contribution is 2.23. The van der Waals surface area contributed by atoms with E-state index >= 15 is 0 Å². The predicted molar refractivity (Wildman–Crippen MR) is 83.5 cm³/mol. The average molecular weight is 305 g/mol. The fourth-order valence-corrected chi connectivity index (χ4v) is 3.55. The Hall–Kier alpha value is -1.92. The van der Waals surface area contributed by atoms with Crippen molar-refractivity contribution in [2.75, 3.05) is 4.72 Å². The van der Waals surface area contributed by atoms with E-state index in [4.69, 9.17) is 5.73 Å². The minimum Gasteiger partial charge on any atom is -0.326 e. The first-order valence-corrected chi connectivity index (χ1v) is 8.21. The second-order valence-electron chi connectivity index (χ2n) is 4.80. The number of hydrogen-bond donors (Lipinski definition) is 2. The standard InChI is InChI=1S/C15H19N3O2S/c1-3-13-5-4-12(9-16)8-15(13)21(19,20)18-14-6-7-17-10-11(14)2/h4-8,10H,3,9,16H2,1-2H3,(H,17,18). The van der Waals surface area contributed by atoms with Crippen LogP contribution in [0.1, 0.15) is 23.6 Å². The summed E-state index contributed by atoms with van der Waals surface area (Å²) in [6, 6.07) is 6.95. The number of nitrogens with one attached hydrogen (secondary N) is 1. The minimum atomic E-state index is -3.64. The van der Waals surface area contributed by atoms with Crippen molar-refractivity contribution in [2.45, 2.75) is 31.7 Å². The van der Waals surface area contributed by atoms with E-state index in [1.807, 2.05) is 26.0 Å². The largest absolute Gasteiger partial charge is 0.326 e. The number of benzene rings is 1. The molecule has 0 radical (unpaired) electrons. The fraction of sp³-hybridized carbons (Fsp3) is 0.267. The van der Waals surface area contributed by atoms with Crippen molar-refractivity contribution in [3.63, 3.8) is 0 Å². The Balaban J connectivity index is 2.46. The van der Waals surface area contributed by atoms with Gasteiger partial charge in [-0.1, -0.05) is 19.1 Å². The van der Waals surface area contributed by atoms with E-state index in [0.717, 1.165) is 16.7 Å². The van der Waals surface area contributed by atoms with Gasteiger partial charge >= 0.3 is 0 Å². The van der Waals surface area contributed by atoms with Gasteiger partial charge < -0.3 is 5.73 Å². The van der Waals surface area contributed by atoms with Crippen LogP contribution in [0, 0.1) is 6.92 Å². The molecule has 0 saturated heterocycles. The number of nitrogens with zero attached hydrogens (tertiary/aromatic N) is 1. The van der Waals surface area contributed by atoms with Gasteiger partial charge in [0.25, 0.3) is 10.0 Å². The average Bonchev–Trinajstić information content (AvgIpc) is 2.48. The molecule has 2 aromatic rings. The van der Waals surface area contributed by atoms with Crippen LogP contribution in [0.15, 0.2) is 41.6 Å². The van der Waals surface area contributed by atoms with E-state index in [2.05, 4.69) is 9.71 Å². The van der Waals surface area contributed by atoms with Crippen molar-refractivity contribution in [3.8, 4) is 0 Å². The van der Waals surface area contributed by atoms with Crippen molar-refractivity contribution in [3.05, 3.63) is 53.3 Å². The van der Waals surface area contributed by atoms with E-state index in [1.165, 1.54) is 0 Å². The van der Waals surface area contributed by atoms with Crippen LogP contribution >= 0.6 is 0 Å². The number of aromatic nitrogens is 1. The maximum atomic E-state index is 12.6. The van der Waals surface area contributed by atoms with Crippen molar-refractivity contribution in [2.24, 2.45) is 5.73 Å². The van der Waals surface area contributed by atoms with Gasteiger partial charge in [-0.25, -0.2) is 8.42 Å². The third kappa shape index (κ3) is 3.40. The molecule has 0 unspecified atom stereocenters. The van der Waals surface area contributed by atoms with Gasteiger partial charge in [-0.05, 0) is 42.2 Å². The third-order valence-electron chi connectivity index (χ3n) is 3.30. The molecule has 21 heavy (non-hydrogen) atoms. The van der Waals surface area contributed by atoms with Gasteiger partial charge in [-0.3, -0.25) is 9.71 Å². The van der Waals surface area contributed by atoms with E-state index in [1.54, 1.807) is 24.5 Å². The second kappa shape index (κ2) is 6.24. The van der Waals surface area contributed by atoms with Gasteiger partial charge in [0, 0.05) is 18.9 Å². The molecular formula is C15H19N3O2S. The summed E-state index contributed by atoms with van der Waals surface area (Å²) in [5.74, 6) is 0. The van der Waals surface area contributed by atoms with Crippen LogP contribution in [-0.4, -0.2) is 13.4 Å². The number of anilines is 1. The van der Waals surface area contributed by atoms with Crippen LogP contribution in [0.4, 0.5) is 5.69 Å². The van der Waals surface area contributed by atoms with Crippen molar-refractivity contribution in [1.82, 2.24) is 4.98 Å². The molecule has 112 valence electrons. The molecule has 0 atom stereocenters. The maximum absolute atomic E-state index is 12.6. The van der Waals surface area contributed by atoms with Crippen LogP contribution in [0.5, 0.6) is 0 Å². The number of hydrogen-bond acceptors (Lipinski definition) is 4. The predicted octanol–water partition coefficient (Wildman–Crippen LogP) is 2.21. The van der Waals surface area contributed by atoms with Crippen LogP contribution in [0.3, 0.4) is 0 Å². The molecule has 0 saturated carbocycles. The van der Waals surface area contributed by atoms with Crippen LogP contribution in [0.2, 0.25) is 0 Å². The lowest BCUT2D eigenvalue weighted by Gasteiger charge is -2.14. The summed E-state index contributed by atoms with van der Waals surface area (Å²) in [5.41, 5.74) is 8.47. The second-order valence-corrected chi connectivity index (χ2v) is 6.45. The Morgan fingerprint density at radius 1 is 1.29 bits per heavy atom. The lowest BCUT2D eigenvalue weighted by molar-refractivity contribution is 0.600. The first kappa shape index (κ1) is 15.5. The summed E-state index contributed by atoms with van der Waals surface area (Å²) in [6.07, 6.45) is 3.81. The molecule has 0 aliphatic heterocycles. The molecule has 1 aromatic carbocycles. The molecule has 0 amide bonds. The molecule has 0 aliphatic carbocycles. The quantitative estimate of drug-likeness (QED) is 0.887. The Bertz CT molecular complexity index is 742. The Morgan fingerprint density at radius 2 is 2.05 bits per heavy atom. The molecule has 5 nitrogen and oxygen atoms in total. The summed E-state index contributed by atoms with van der Waals surface area (Å²) in [4.78, 5) is 4.24. The lowest BCUT2D eigenvalue weighted by Crippen LogP contribution is -2.16. The van der Waals surface area contributed by atoms with Gasteiger partial charge in [-0.2, -0.15) is 0 Å². The number of aryl methyl sites for hydroxylation is 2. The molecular weight excluding hydrogens is 286 g/mol. The normalized spacial score (nSPS) is 11.4. The summed E-state index contributed by atoms with van der Waals surface area (Å²) in [7, 11) is -3.64. The SMILES string of the molecule is CCc1ccc(CN)cc1S(=O)(=O)Nc1ccncc1C.